The molecule has 86 valence electrons. The first-order chi connectivity index (χ1) is 7.65. The molecule has 1 aromatic rings. The molecule has 0 radical (unpaired) electrons. The summed E-state index contributed by atoms with van der Waals surface area (Å²) in [5, 5.41) is 11.0. The van der Waals surface area contributed by atoms with Gasteiger partial charge in [0.2, 0.25) is 6.04 Å². The second-order valence-electron chi connectivity index (χ2n) is 3.15. The van der Waals surface area contributed by atoms with Crippen LogP contribution in [0.15, 0.2) is 30.3 Å². The van der Waals surface area contributed by atoms with Crippen molar-refractivity contribution in [2.24, 2.45) is 0 Å². The van der Waals surface area contributed by atoms with Crippen LogP contribution in [0.2, 0.25) is 0 Å². The highest BCUT2D eigenvalue weighted by Gasteiger charge is 2.25. The molecule has 16 heavy (non-hydrogen) atoms. The fourth-order valence-corrected chi connectivity index (χ4v) is 1.15. The average Bonchev–Trinajstić information content (AvgIpc) is 2.28. The largest absolute Gasteiger partial charge is 0.480 e. The van der Waals surface area contributed by atoms with Crippen molar-refractivity contribution in [2.75, 3.05) is 7.05 Å². The summed E-state index contributed by atoms with van der Waals surface area (Å²) in [7, 11) is 1.39. The van der Waals surface area contributed by atoms with Crippen LogP contribution in [-0.4, -0.2) is 30.1 Å². The maximum absolute atomic E-state index is 11.3. The molecule has 2 N–H and O–H groups in total. The number of ether oxygens (including phenoxy) is 1. The van der Waals surface area contributed by atoms with Crippen molar-refractivity contribution in [3.05, 3.63) is 35.9 Å². The van der Waals surface area contributed by atoms with Crippen molar-refractivity contribution in [2.45, 2.75) is 12.6 Å². The number of carboxylic acid groups (broad SMARTS) is 1. The Labute approximate surface area is 93.0 Å². The second-order valence-corrected chi connectivity index (χ2v) is 3.15. The van der Waals surface area contributed by atoms with Crippen molar-refractivity contribution in [3.63, 3.8) is 0 Å². The minimum absolute atomic E-state index is 0.0745. The third-order valence-electron chi connectivity index (χ3n) is 2.00. The number of carbonyl (C=O) groups is 2. The highest BCUT2D eigenvalue weighted by atomic mass is 16.5. The number of hydrogen-bond donors (Lipinski definition) is 2. The van der Waals surface area contributed by atoms with Gasteiger partial charge in [-0.2, -0.15) is 0 Å². The molecule has 0 spiro atoms. The number of nitrogens with one attached hydrogen (secondary N) is 1. The number of carbonyl (C=O) groups excluding carboxylic acids is 1. The van der Waals surface area contributed by atoms with Crippen molar-refractivity contribution >= 4 is 11.9 Å². The van der Waals surface area contributed by atoms with Crippen LogP contribution < -0.4 is 5.32 Å². The summed E-state index contributed by atoms with van der Waals surface area (Å²) in [4.78, 5) is 21.9. The topological polar surface area (TPSA) is 75.6 Å². The van der Waals surface area contributed by atoms with E-state index in [9.17, 15) is 9.59 Å². The van der Waals surface area contributed by atoms with E-state index in [1.165, 1.54) is 7.05 Å². The first-order valence-electron chi connectivity index (χ1n) is 4.75. The highest BCUT2D eigenvalue weighted by molar-refractivity contribution is 5.98. The molecule has 0 bridgehead atoms. The molecule has 0 aliphatic carbocycles. The zero-order valence-electron chi connectivity index (χ0n) is 8.84. The van der Waals surface area contributed by atoms with Gasteiger partial charge in [0, 0.05) is 0 Å². The lowest BCUT2D eigenvalue weighted by molar-refractivity contribution is -0.155. The van der Waals surface area contributed by atoms with E-state index >= 15 is 0 Å². The molecular formula is C11H13NO4. The Kier molecular flexibility index (Phi) is 4.47. The molecule has 5 heteroatoms. The Morgan fingerprint density at radius 3 is 2.50 bits per heavy atom. The standard InChI is InChI=1S/C11H13NO4/c1-12-9(10(13)14)11(15)16-7-8-5-3-2-4-6-8/h2-6,9,12H,7H2,1H3,(H,13,14). The lowest BCUT2D eigenvalue weighted by atomic mass is 10.2. The summed E-state index contributed by atoms with van der Waals surface area (Å²) in [5.41, 5.74) is 0.816. The van der Waals surface area contributed by atoms with E-state index in [1.54, 1.807) is 12.1 Å². The van der Waals surface area contributed by atoms with Crippen LogP contribution in [0.1, 0.15) is 5.56 Å². The summed E-state index contributed by atoms with van der Waals surface area (Å²) in [5.74, 6) is -2.04. The molecule has 0 aliphatic heterocycles. The first kappa shape index (κ1) is 12.2. The van der Waals surface area contributed by atoms with E-state index in [2.05, 4.69) is 5.32 Å². The van der Waals surface area contributed by atoms with Gasteiger partial charge in [0.05, 0.1) is 0 Å². The van der Waals surface area contributed by atoms with Crippen molar-refractivity contribution in [3.8, 4) is 0 Å². The molecule has 0 saturated carbocycles. The summed E-state index contributed by atoms with van der Waals surface area (Å²) in [6.07, 6.45) is 0. The van der Waals surface area contributed by atoms with Crippen LogP contribution in [0.3, 0.4) is 0 Å². The van der Waals surface area contributed by atoms with Gasteiger partial charge in [-0.05, 0) is 12.6 Å². The number of aliphatic carboxylic acids is 1. The highest BCUT2D eigenvalue weighted by Crippen LogP contribution is 2.01. The van der Waals surface area contributed by atoms with Gasteiger partial charge in [-0.15, -0.1) is 0 Å². The van der Waals surface area contributed by atoms with E-state index in [0.717, 1.165) is 5.56 Å². The van der Waals surface area contributed by atoms with Gasteiger partial charge >= 0.3 is 11.9 Å². The molecule has 1 rings (SSSR count). The van der Waals surface area contributed by atoms with Crippen molar-refractivity contribution < 1.29 is 19.4 Å². The van der Waals surface area contributed by atoms with Crippen molar-refractivity contribution in [1.29, 1.82) is 0 Å². The quantitative estimate of drug-likeness (QED) is 0.558. The smallest absolute Gasteiger partial charge is 0.335 e. The Morgan fingerprint density at radius 1 is 1.38 bits per heavy atom. The van der Waals surface area contributed by atoms with Crippen LogP contribution in [-0.2, 0) is 20.9 Å². The molecule has 5 nitrogen and oxygen atoms in total. The van der Waals surface area contributed by atoms with Crippen LogP contribution >= 0.6 is 0 Å². The van der Waals surface area contributed by atoms with Crippen LogP contribution in [0.25, 0.3) is 0 Å². The van der Waals surface area contributed by atoms with E-state index < -0.39 is 18.0 Å². The molecule has 1 aromatic carbocycles. The Bertz CT molecular complexity index is 364. The number of hydrogen-bond acceptors (Lipinski definition) is 4. The molecule has 0 aliphatic rings. The van der Waals surface area contributed by atoms with E-state index in [4.69, 9.17) is 9.84 Å². The number of esters is 1. The molecule has 0 heterocycles. The van der Waals surface area contributed by atoms with E-state index in [1.807, 2.05) is 18.2 Å². The average molecular weight is 223 g/mol. The van der Waals surface area contributed by atoms with Crippen LogP contribution in [0, 0.1) is 0 Å². The summed E-state index contributed by atoms with van der Waals surface area (Å²) < 4.78 is 4.86. The van der Waals surface area contributed by atoms with Gasteiger partial charge in [-0.1, -0.05) is 30.3 Å². The van der Waals surface area contributed by atoms with Gasteiger partial charge in [-0.3, -0.25) is 5.32 Å². The van der Waals surface area contributed by atoms with Crippen LogP contribution in [0.4, 0.5) is 0 Å². The molecule has 0 aromatic heterocycles. The van der Waals surface area contributed by atoms with Gasteiger partial charge in [0.1, 0.15) is 6.61 Å². The summed E-state index contributed by atoms with van der Waals surface area (Å²) >= 11 is 0. The third kappa shape index (κ3) is 3.36. The Balaban J connectivity index is 2.49. The van der Waals surface area contributed by atoms with Crippen molar-refractivity contribution in [1.82, 2.24) is 5.32 Å². The molecule has 0 amide bonds. The molecule has 1 unspecified atom stereocenters. The van der Waals surface area contributed by atoms with Gasteiger partial charge in [-0.25, -0.2) is 9.59 Å². The van der Waals surface area contributed by atoms with Gasteiger partial charge in [0.25, 0.3) is 0 Å². The summed E-state index contributed by atoms with van der Waals surface area (Å²) in [6.45, 7) is 0.0745. The van der Waals surface area contributed by atoms with Gasteiger partial charge in [0.15, 0.2) is 0 Å². The predicted molar refractivity (Wildman–Crippen MR) is 56.7 cm³/mol. The maximum atomic E-state index is 11.3. The fraction of sp³-hybridized carbons (Fsp3) is 0.273. The number of benzene rings is 1. The lowest BCUT2D eigenvalue weighted by Crippen LogP contribution is -2.42. The minimum Gasteiger partial charge on any atom is -0.480 e. The predicted octanol–water partition coefficient (Wildman–Crippen LogP) is 0.402. The number of carboxylic acids is 1. The molecule has 0 fully saturated rings. The molecule has 1 atom stereocenters. The molecular weight excluding hydrogens is 210 g/mol. The maximum Gasteiger partial charge on any atom is 0.335 e. The second kappa shape index (κ2) is 5.87. The fourth-order valence-electron chi connectivity index (χ4n) is 1.15. The summed E-state index contributed by atoms with van der Waals surface area (Å²) in [6, 6.07) is 7.75. The Hall–Kier alpha value is -1.88. The van der Waals surface area contributed by atoms with Crippen LogP contribution in [0.5, 0.6) is 0 Å². The minimum atomic E-state index is -1.32. The Morgan fingerprint density at radius 2 is 2.00 bits per heavy atom. The number of likely N-dealkylation sites (N-methyl/N-ethyl adjacent to an activating group) is 1. The normalized spacial score (nSPS) is 11.8. The molecule has 0 saturated heterocycles. The zero-order valence-corrected chi connectivity index (χ0v) is 8.84. The monoisotopic (exact) mass is 223 g/mol. The number of rotatable bonds is 5. The third-order valence-corrected chi connectivity index (χ3v) is 2.00. The zero-order chi connectivity index (χ0) is 12.0. The SMILES string of the molecule is CNC(C(=O)O)C(=O)OCc1ccccc1. The van der Waals surface area contributed by atoms with Gasteiger partial charge < -0.3 is 9.84 Å². The van der Waals surface area contributed by atoms with E-state index in [-0.39, 0.29) is 6.61 Å². The lowest BCUT2D eigenvalue weighted by Gasteiger charge is -2.10. The van der Waals surface area contributed by atoms with E-state index in [0.29, 0.717) is 0 Å². The first-order valence-corrected chi connectivity index (χ1v) is 4.75.